The van der Waals surface area contributed by atoms with E-state index in [1.807, 2.05) is 24.3 Å². The van der Waals surface area contributed by atoms with Gasteiger partial charge >= 0.3 is 5.97 Å². The van der Waals surface area contributed by atoms with E-state index in [1.54, 1.807) is 19.9 Å². The number of para-hydroxylation sites is 1. The molecule has 1 aliphatic heterocycles. The summed E-state index contributed by atoms with van der Waals surface area (Å²) >= 11 is 0. The Morgan fingerprint density at radius 1 is 1.39 bits per heavy atom. The van der Waals surface area contributed by atoms with E-state index in [9.17, 15) is 4.79 Å². The van der Waals surface area contributed by atoms with E-state index in [0.717, 1.165) is 5.56 Å². The minimum atomic E-state index is -1.11. The van der Waals surface area contributed by atoms with Gasteiger partial charge in [-0.2, -0.15) is 0 Å². The maximum Gasteiger partial charge on any atom is 0.340 e. The normalized spacial score (nSPS) is 21.6. The third-order valence-electron chi connectivity index (χ3n) is 2.90. The van der Waals surface area contributed by atoms with Crippen molar-refractivity contribution in [1.82, 2.24) is 0 Å². The number of carbonyl (C=O) groups excluding carboxylic acids is 1. The van der Waals surface area contributed by atoms with Gasteiger partial charge in [-0.25, -0.2) is 4.79 Å². The summed E-state index contributed by atoms with van der Waals surface area (Å²) in [5, 5.41) is 0. The number of ether oxygens (including phenoxy) is 3. The number of methoxy groups -OCH3 is 1. The first-order valence-corrected chi connectivity index (χ1v) is 5.83. The lowest BCUT2D eigenvalue weighted by Crippen LogP contribution is -2.42. The third-order valence-corrected chi connectivity index (χ3v) is 2.90. The fraction of sp³-hybridized carbons (Fsp3) is 0.357. The zero-order valence-corrected chi connectivity index (χ0v) is 10.7. The van der Waals surface area contributed by atoms with Gasteiger partial charge in [0.2, 0.25) is 5.79 Å². The van der Waals surface area contributed by atoms with Gasteiger partial charge in [0.25, 0.3) is 0 Å². The highest BCUT2D eigenvalue weighted by atomic mass is 16.7. The first-order chi connectivity index (χ1) is 8.60. The molecule has 1 heterocycles. The average Bonchev–Trinajstić information content (AvgIpc) is 2.38. The molecule has 0 radical (unpaired) electrons. The van der Waals surface area contributed by atoms with E-state index in [0.29, 0.717) is 17.9 Å². The molecule has 18 heavy (non-hydrogen) atoms. The Labute approximate surface area is 106 Å². The Morgan fingerprint density at radius 3 is 2.78 bits per heavy atom. The summed E-state index contributed by atoms with van der Waals surface area (Å²) < 4.78 is 16.1. The van der Waals surface area contributed by atoms with Crippen LogP contribution in [0.2, 0.25) is 0 Å². The van der Waals surface area contributed by atoms with Gasteiger partial charge in [-0.3, -0.25) is 0 Å². The third kappa shape index (κ3) is 2.11. The number of benzene rings is 1. The van der Waals surface area contributed by atoms with Crippen molar-refractivity contribution in [3.63, 3.8) is 0 Å². The van der Waals surface area contributed by atoms with Crippen LogP contribution < -0.4 is 4.74 Å². The molecule has 1 atom stereocenters. The molecule has 4 heteroatoms. The molecular formula is C14H16O4. The summed E-state index contributed by atoms with van der Waals surface area (Å²) in [6, 6.07) is 7.48. The van der Waals surface area contributed by atoms with Gasteiger partial charge in [-0.05, 0) is 19.1 Å². The monoisotopic (exact) mass is 248 g/mol. The van der Waals surface area contributed by atoms with Gasteiger partial charge in [-0.15, -0.1) is 0 Å². The lowest BCUT2D eigenvalue weighted by molar-refractivity contribution is -0.155. The molecule has 96 valence electrons. The van der Waals surface area contributed by atoms with Crippen LogP contribution in [0.4, 0.5) is 0 Å². The topological polar surface area (TPSA) is 44.8 Å². The molecule has 1 aliphatic rings. The summed E-state index contributed by atoms with van der Waals surface area (Å²) in [5.74, 6) is -0.841. The van der Waals surface area contributed by atoms with Crippen LogP contribution in [0.1, 0.15) is 19.4 Å². The van der Waals surface area contributed by atoms with Crippen molar-refractivity contribution in [2.45, 2.75) is 19.6 Å². The van der Waals surface area contributed by atoms with E-state index in [1.165, 1.54) is 7.11 Å². The first-order valence-electron chi connectivity index (χ1n) is 5.83. The Bertz CT molecular complexity index is 492. The molecule has 0 fully saturated rings. The summed E-state index contributed by atoms with van der Waals surface area (Å²) in [6.07, 6.45) is 1.75. The van der Waals surface area contributed by atoms with Crippen molar-refractivity contribution < 1.29 is 19.0 Å². The van der Waals surface area contributed by atoms with Crippen molar-refractivity contribution in [3.8, 4) is 5.75 Å². The molecule has 0 bridgehead atoms. The Morgan fingerprint density at radius 2 is 2.11 bits per heavy atom. The van der Waals surface area contributed by atoms with Crippen LogP contribution in [-0.4, -0.2) is 25.5 Å². The zero-order chi connectivity index (χ0) is 13.2. The smallest absolute Gasteiger partial charge is 0.340 e. The van der Waals surface area contributed by atoms with Crippen molar-refractivity contribution >= 4 is 12.0 Å². The maximum atomic E-state index is 11.9. The van der Waals surface area contributed by atoms with Crippen molar-refractivity contribution in [2.24, 2.45) is 0 Å². The van der Waals surface area contributed by atoms with Gasteiger partial charge in [0, 0.05) is 19.6 Å². The van der Waals surface area contributed by atoms with Crippen molar-refractivity contribution in [2.75, 3.05) is 13.7 Å². The molecule has 0 spiro atoms. The number of carbonyl (C=O) groups is 1. The standard InChI is InChI=1S/C14H16O4/c1-4-17-13(15)11-9-10-7-5-6-8-12(10)18-14(11,2)16-3/h5-9H,4H2,1-3H3. The predicted octanol–water partition coefficient (Wildman–Crippen LogP) is 2.39. The SMILES string of the molecule is CCOC(=O)C1=Cc2ccccc2OC1(C)OC. The minimum absolute atomic E-state index is 0.317. The zero-order valence-electron chi connectivity index (χ0n) is 10.7. The second-order valence-electron chi connectivity index (χ2n) is 4.07. The first kappa shape index (κ1) is 12.6. The number of esters is 1. The fourth-order valence-corrected chi connectivity index (χ4v) is 1.85. The van der Waals surface area contributed by atoms with Gasteiger partial charge < -0.3 is 14.2 Å². The molecule has 1 aromatic carbocycles. The molecule has 0 amide bonds. The van der Waals surface area contributed by atoms with Crippen LogP contribution in [-0.2, 0) is 14.3 Å². The van der Waals surface area contributed by atoms with Gasteiger partial charge in [0.05, 0.1) is 6.61 Å². The van der Waals surface area contributed by atoms with Crippen LogP contribution >= 0.6 is 0 Å². The van der Waals surface area contributed by atoms with Crippen LogP contribution in [0.25, 0.3) is 6.08 Å². The average molecular weight is 248 g/mol. The van der Waals surface area contributed by atoms with Crippen LogP contribution in [0, 0.1) is 0 Å². The van der Waals surface area contributed by atoms with E-state index in [4.69, 9.17) is 14.2 Å². The van der Waals surface area contributed by atoms with Gasteiger partial charge in [0.1, 0.15) is 11.3 Å². The molecule has 0 saturated heterocycles. The van der Waals surface area contributed by atoms with E-state index >= 15 is 0 Å². The molecule has 0 aliphatic carbocycles. The van der Waals surface area contributed by atoms with E-state index in [2.05, 4.69) is 0 Å². The van der Waals surface area contributed by atoms with Crippen LogP contribution in [0.3, 0.4) is 0 Å². The van der Waals surface area contributed by atoms with Crippen molar-refractivity contribution in [1.29, 1.82) is 0 Å². The lowest BCUT2D eigenvalue weighted by atomic mass is 10.00. The minimum Gasteiger partial charge on any atom is -0.462 e. The van der Waals surface area contributed by atoms with Gasteiger partial charge in [-0.1, -0.05) is 18.2 Å². The second kappa shape index (κ2) is 4.82. The maximum absolute atomic E-state index is 11.9. The van der Waals surface area contributed by atoms with E-state index in [-0.39, 0.29) is 0 Å². The number of hydrogen-bond acceptors (Lipinski definition) is 4. The van der Waals surface area contributed by atoms with Gasteiger partial charge in [0.15, 0.2) is 0 Å². The molecule has 0 aromatic heterocycles. The lowest BCUT2D eigenvalue weighted by Gasteiger charge is -2.34. The highest BCUT2D eigenvalue weighted by molar-refractivity contribution is 5.96. The Kier molecular flexibility index (Phi) is 3.39. The summed E-state index contributed by atoms with van der Waals surface area (Å²) in [6.45, 7) is 3.78. The second-order valence-corrected chi connectivity index (χ2v) is 4.07. The summed E-state index contributed by atoms with van der Waals surface area (Å²) in [7, 11) is 1.50. The molecule has 0 N–H and O–H groups in total. The molecule has 1 unspecified atom stereocenters. The Balaban J connectivity index is 2.46. The molecule has 4 nitrogen and oxygen atoms in total. The molecule has 0 saturated carbocycles. The predicted molar refractivity (Wildman–Crippen MR) is 67.1 cm³/mol. The highest BCUT2D eigenvalue weighted by Crippen LogP contribution is 2.36. The highest BCUT2D eigenvalue weighted by Gasteiger charge is 2.40. The summed E-state index contributed by atoms with van der Waals surface area (Å²) in [4.78, 5) is 11.9. The molecule has 2 rings (SSSR count). The number of rotatable bonds is 3. The Hall–Kier alpha value is -1.81. The number of hydrogen-bond donors (Lipinski definition) is 0. The quantitative estimate of drug-likeness (QED) is 0.770. The van der Waals surface area contributed by atoms with Crippen molar-refractivity contribution in [3.05, 3.63) is 35.4 Å². The van der Waals surface area contributed by atoms with Crippen LogP contribution in [0.15, 0.2) is 29.8 Å². The number of fused-ring (bicyclic) bond motifs is 1. The molecule has 1 aromatic rings. The fourth-order valence-electron chi connectivity index (χ4n) is 1.85. The summed E-state index contributed by atoms with van der Waals surface area (Å²) in [5.41, 5.74) is 1.21. The molecular weight excluding hydrogens is 232 g/mol. The van der Waals surface area contributed by atoms with Crippen LogP contribution in [0.5, 0.6) is 5.75 Å². The largest absolute Gasteiger partial charge is 0.462 e. The van der Waals surface area contributed by atoms with E-state index < -0.39 is 11.8 Å².